The van der Waals surface area contributed by atoms with Gasteiger partial charge in [-0.3, -0.25) is 4.79 Å². The largest absolute Gasteiger partial charge is 0.334 e. The average molecular weight is 293 g/mol. The van der Waals surface area contributed by atoms with Gasteiger partial charge in [0.2, 0.25) is 5.91 Å². The number of carbonyl (C=O) groups is 1. The fourth-order valence-corrected chi connectivity index (χ4v) is 4.83. The van der Waals surface area contributed by atoms with E-state index in [0.29, 0.717) is 5.91 Å². The van der Waals surface area contributed by atoms with Gasteiger partial charge in [-0.1, -0.05) is 25.7 Å². The summed E-state index contributed by atoms with van der Waals surface area (Å²) in [6.45, 7) is 3.00. The molecule has 4 nitrogen and oxygen atoms in total. The van der Waals surface area contributed by atoms with Crippen molar-refractivity contribution in [2.45, 2.75) is 69.4 Å². The first kappa shape index (κ1) is 15.3. The van der Waals surface area contributed by atoms with E-state index in [2.05, 4.69) is 16.8 Å². The molecule has 1 spiro atoms. The lowest BCUT2D eigenvalue weighted by atomic mass is 9.77. The molecule has 1 aliphatic heterocycles. The Kier molecular flexibility index (Phi) is 4.55. The summed E-state index contributed by atoms with van der Waals surface area (Å²) in [5.74, 6) is 0.608. The Morgan fingerprint density at radius 3 is 2.57 bits per heavy atom. The Bertz CT molecular complexity index is 378. The first-order valence-corrected chi connectivity index (χ1v) is 8.86. The Labute approximate surface area is 129 Å². The van der Waals surface area contributed by atoms with Gasteiger partial charge in [-0.25, -0.2) is 0 Å². The average Bonchev–Trinajstić information content (AvgIpc) is 2.47. The van der Waals surface area contributed by atoms with Crippen molar-refractivity contribution in [3.8, 4) is 0 Å². The number of rotatable bonds is 1. The van der Waals surface area contributed by atoms with Crippen LogP contribution in [0.25, 0.3) is 0 Å². The van der Waals surface area contributed by atoms with E-state index in [9.17, 15) is 4.79 Å². The minimum Gasteiger partial charge on any atom is -0.334 e. The molecule has 3 rings (SSSR count). The van der Waals surface area contributed by atoms with Gasteiger partial charge in [0, 0.05) is 31.6 Å². The Hall–Kier alpha value is -0.610. The third-order valence-corrected chi connectivity index (χ3v) is 5.96. The van der Waals surface area contributed by atoms with Gasteiger partial charge in [-0.15, -0.1) is 0 Å². The van der Waals surface area contributed by atoms with E-state index in [-0.39, 0.29) is 17.5 Å². The molecule has 120 valence electrons. The normalized spacial score (nSPS) is 34.1. The van der Waals surface area contributed by atoms with Crippen LogP contribution >= 0.6 is 0 Å². The Morgan fingerprint density at radius 1 is 1.10 bits per heavy atom. The molecule has 1 heterocycles. The summed E-state index contributed by atoms with van der Waals surface area (Å²) in [5.41, 5.74) is 6.23. The first-order chi connectivity index (χ1) is 10.1. The van der Waals surface area contributed by atoms with E-state index in [4.69, 9.17) is 5.73 Å². The SMILES string of the molecule is CN1CCN(C(=O)C2CCCC(N)C2)C2(CCCCC2)C1. The second-order valence-electron chi connectivity index (χ2n) is 7.64. The van der Waals surface area contributed by atoms with Crippen LogP contribution in [0.2, 0.25) is 0 Å². The summed E-state index contributed by atoms with van der Waals surface area (Å²) < 4.78 is 0. The molecule has 1 amide bonds. The highest BCUT2D eigenvalue weighted by Crippen LogP contribution is 2.38. The van der Waals surface area contributed by atoms with Crippen molar-refractivity contribution >= 4 is 5.91 Å². The smallest absolute Gasteiger partial charge is 0.226 e. The number of piperazine rings is 1. The standard InChI is InChI=1S/C17H31N3O/c1-19-10-11-20(17(13-19)8-3-2-4-9-17)16(21)14-6-5-7-15(18)12-14/h14-15H,2-13,18H2,1H3. The summed E-state index contributed by atoms with van der Waals surface area (Å²) >= 11 is 0. The predicted molar refractivity (Wildman–Crippen MR) is 85.0 cm³/mol. The van der Waals surface area contributed by atoms with Gasteiger partial charge in [-0.05, 0) is 39.2 Å². The molecular formula is C17H31N3O. The lowest BCUT2D eigenvalue weighted by Gasteiger charge is -2.53. The lowest BCUT2D eigenvalue weighted by molar-refractivity contribution is -0.150. The van der Waals surface area contributed by atoms with Gasteiger partial charge in [0.25, 0.3) is 0 Å². The van der Waals surface area contributed by atoms with Crippen LogP contribution < -0.4 is 5.73 Å². The van der Waals surface area contributed by atoms with Crippen LogP contribution in [-0.4, -0.2) is 54.0 Å². The molecule has 3 aliphatic rings. The van der Waals surface area contributed by atoms with E-state index in [1.54, 1.807) is 0 Å². The summed E-state index contributed by atoms with van der Waals surface area (Å²) in [5, 5.41) is 0. The molecule has 0 aromatic carbocycles. The Morgan fingerprint density at radius 2 is 1.86 bits per heavy atom. The molecule has 3 fully saturated rings. The number of likely N-dealkylation sites (N-methyl/N-ethyl adjacent to an activating group) is 1. The van der Waals surface area contributed by atoms with Crippen molar-refractivity contribution in [1.29, 1.82) is 0 Å². The summed E-state index contributed by atoms with van der Waals surface area (Å²) in [4.78, 5) is 17.8. The first-order valence-electron chi connectivity index (χ1n) is 8.86. The van der Waals surface area contributed by atoms with Gasteiger partial charge in [-0.2, -0.15) is 0 Å². The van der Waals surface area contributed by atoms with E-state index >= 15 is 0 Å². The lowest BCUT2D eigenvalue weighted by Crippen LogP contribution is -2.65. The van der Waals surface area contributed by atoms with Crippen LogP contribution in [0.3, 0.4) is 0 Å². The third kappa shape index (κ3) is 3.11. The fraction of sp³-hybridized carbons (Fsp3) is 0.941. The summed E-state index contributed by atoms with van der Waals surface area (Å²) in [6, 6.07) is 0.238. The van der Waals surface area contributed by atoms with E-state index in [0.717, 1.165) is 45.3 Å². The van der Waals surface area contributed by atoms with Crippen LogP contribution in [0.5, 0.6) is 0 Å². The van der Waals surface area contributed by atoms with E-state index < -0.39 is 0 Å². The van der Waals surface area contributed by atoms with Crippen molar-refractivity contribution in [2.24, 2.45) is 11.7 Å². The maximum Gasteiger partial charge on any atom is 0.226 e. The van der Waals surface area contributed by atoms with Gasteiger partial charge in [0.1, 0.15) is 0 Å². The monoisotopic (exact) mass is 293 g/mol. The van der Waals surface area contributed by atoms with Crippen LogP contribution in [0.15, 0.2) is 0 Å². The third-order valence-electron chi connectivity index (χ3n) is 5.96. The number of nitrogens with two attached hydrogens (primary N) is 1. The minimum atomic E-state index is 0.129. The molecule has 0 radical (unpaired) electrons. The molecule has 2 atom stereocenters. The topological polar surface area (TPSA) is 49.6 Å². The van der Waals surface area contributed by atoms with Crippen molar-refractivity contribution in [3.63, 3.8) is 0 Å². The number of amides is 1. The predicted octanol–water partition coefficient (Wildman–Crippen LogP) is 1.98. The summed E-state index contributed by atoms with van der Waals surface area (Å²) in [7, 11) is 2.20. The highest BCUT2D eigenvalue weighted by Gasteiger charge is 2.45. The van der Waals surface area contributed by atoms with Gasteiger partial charge >= 0.3 is 0 Å². The highest BCUT2D eigenvalue weighted by molar-refractivity contribution is 5.80. The number of hydrogen-bond donors (Lipinski definition) is 1. The zero-order chi connectivity index (χ0) is 14.9. The van der Waals surface area contributed by atoms with Crippen LogP contribution in [0.1, 0.15) is 57.8 Å². The Balaban J connectivity index is 1.75. The zero-order valence-electron chi connectivity index (χ0n) is 13.5. The maximum absolute atomic E-state index is 13.1. The molecule has 0 aromatic rings. The molecule has 21 heavy (non-hydrogen) atoms. The van der Waals surface area contributed by atoms with Gasteiger partial charge in [0.15, 0.2) is 0 Å². The quantitative estimate of drug-likeness (QED) is 0.804. The van der Waals surface area contributed by atoms with Crippen LogP contribution in [0, 0.1) is 5.92 Å². The summed E-state index contributed by atoms with van der Waals surface area (Å²) in [6.07, 6.45) is 10.5. The zero-order valence-corrected chi connectivity index (χ0v) is 13.5. The molecule has 0 bridgehead atoms. The van der Waals surface area contributed by atoms with Crippen molar-refractivity contribution in [2.75, 3.05) is 26.7 Å². The van der Waals surface area contributed by atoms with Crippen molar-refractivity contribution < 1.29 is 4.79 Å². The number of nitrogens with zero attached hydrogens (tertiary/aromatic N) is 2. The van der Waals surface area contributed by atoms with E-state index in [1.807, 2.05) is 0 Å². The number of carbonyl (C=O) groups excluding carboxylic acids is 1. The van der Waals surface area contributed by atoms with Crippen molar-refractivity contribution in [1.82, 2.24) is 9.80 Å². The maximum atomic E-state index is 13.1. The highest BCUT2D eigenvalue weighted by atomic mass is 16.2. The van der Waals surface area contributed by atoms with Gasteiger partial charge in [0.05, 0.1) is 5.54 Å². The molecule has 2 saturated carbocycles. The molecule has 0 aromatic heterocycles. The fourth-order valence-electron chi connectivity index (χ4n) is 4.83. The van der Waals surface area contributed by atoms with Crippen molar-refractivity contribution in [3.05, 3.63) is 0 Å². The molecule has 2 N–H and O–H groups in total. The van der Waals surface area contributed by atoms with Crippen LogP contribution in [-0.2, 0) is 4.79 Å². The van der Waals surface area contributed by atoms with E-state index in [1.165, 1.54) is 32.1 Å². The second-order valence-corrected chi connectivity index (χ2v) is 7.64. The molecule has 2 aliphatic carbocycles. The second kappa shape index (κ2) is 6.25. The molecular weight excluding hydrogens is 262 g/mol. The minimum absolute atomic E-state index is 0.129. The van der Waals surface area contributed by atoms with Gasteiger partial charge < -0.3 is 15.5 Å². The number of hydrogen-bond acceptors (Lipinski definition) is 3. The molecule has 4 heteroatoms. The molecule has 2 unspecified atom stereocenters. The van der Waals surface area contributed by atoms with Crippen LogP contribution in [0.4, 0.5) is 0 Å². The molecule has 1 saturated heterocycles.